The second kappa shape index (κ2) is 7.94. The van der Waals surface area contributed by atoms with Crippen LogP contribution in [0.4, 0.5) is 14.9 Å². The van der Waals surface area contributed by atoms with Crippen LogP contribution < -0.4 is 5.32 Å². The molecule has 6 nitrogen and oxygen atoms in total. The van der Waals surface area contributed by atoms with Crippen LogP contribution in [0.25, 0.3) is 0 Å². The first-order valence-corrected chi connectivity index (χ1v) is 8.55. The van der Waals surface area contributed by atoms with Crippen LogP contribution in [0.15, 0.2) is 22.7 Å². The molecule has 0 aliphatic carbocycles. The van der Waals surface area contributed by atoms with Gasteiger partial charge in [-0.15, -0.1) is 0 Å². The fourth-order valence-corrected chi connectivity index (χ4v) is 2.91. The largest absolute Gasteiger partial charge is 0.331 e. The molecule has 132 valence electrons. The molecule has 1 aliphatic rings. The number of benzene rings is 1. The first-order chi connectivity index (χ1) is 11.3. The van der Waals surface area contributed by atoms with E-state index in [0.717, 1.165) is 0 Å². The van der Waals surface area contributed by atoms with E-state index in [0.29, 0.717) is 30.7 Å². The zero-order chi connectivity index (χ0) is 17.9. The molecule has 0 bridgehead atoms. The van der Waals surface area contributed by atoms with Crippen molar-refractivity contribution in [3.05, 3.63) is 28.5 Å². The van der Waals surface area contributed by atoms with Gasteiger partial charge in [0.2, 0.25) is 5.91 Å². The maximum Gasteiger partial charge on any atom is 0.319 e. The van der Waals surface area contributed by atoms with Gasteiger partial charge < -0.3 is 15.1 Å². The Morgan fingerprint density at radius 1 is 1.25 bits per heavy atom. The van der Waals surface area contributed by atoms with Crippen LogP contribution in [-0.2, 0) is 4.79 Å². The minimum atomic E-state index is -0.480. The van der Waals surface area contributed by atoms with Gasteiger partial charge in [-0.05, 0) is 25.1 Å². The first-order valence-electron chi connectivity index (χ1n) is 7.76. The van der Waals surface area contributed by atoms with Crippen molar-refractivity contribution in [3.63, 3.8) is 0 Å². The summed E-state index contributed by atoms with van der Waals surface area (Å²) in [5.74, 6) is -0.741. The fraction of sp³-hybridized carbons (Fsp3) is 0.500. The van der Waals surface area contributed by atoms with Crippen LogP contribution in [0, 0.1) is 5.82 Å². The van der Waals surface area contributed by atoms with E-state index in [9.17, 15) is 14.0 Å². The molecule has 1 aromatic rings. The summed E-state index contributed by atoms with van der Waals surface area (Å²) in [6.07, 6.45) is 0. The van der Waals surface area contributed by atoms with Crippen LogP contribution in [0.5, 0.6) is 0 Å². The van der Waals surface area contributed by atoms with Crippen molar-refractivity contribution < 1.29 is 14.0 Å². The summed E-state index contributed by atoms with van der Waals surface area (Å²) in [5.41, 5.74) is 0.163. The van der Waals surface area contributed by atoms with Gasteiger partial charge in [0.1, 0.15) is 5.82 Å². The monoisotopic (exact) mass is 400 g/mol. The molecule has 1 heterocycles. The van der Waals surface area contributed by atoms with Gasteiger partial charge in [0.25, 0.3) is 0 Å². The lowest BCUT2D eigenvalue weighted by atomic mass is 10.2. The Balaban J connectivity index is 1.91. The van der Waals surface area contributed by atoms with Gasteiger partial charge in [0, 0.05) is 44.7 Å². The lowest BCUT2D eigenvalue weighted by molar-refractivity contribution is -0.121. The molecule has 1 aromatic carbocycles. The van der Waals surface area contributed by atoms with Crippen LogP contribution in [0.3, 0.4) is 0 Å². The lowest BCUT2D eigenvalue weighted by Crippen LogP contribution is -2.55. The van der Waals surface area contributed by atoms with E-state index in [4.69, 9.17) is 0 Å². The molecular weight excluding hydrogens is 379 g/mol. The average Bonchev–Trinajstić information content (AvgIpc) is 2.56. The molecule has 1 fully saturated rings. The molecule has 1 saturated heterocycles. The molecule has 0 aromatic heterocycles. The third-order valence-corrected chi connectivity index (χ3v) is 4.58. The van der Waals surface area contributed by atoms with E-state index in [1.165, 1.54) is 12.1 Å². The lowest BCUT2D eigenvalue weighted by Gasteiger charge is -2.38. The van der Waals surface area contributed by atoms with Crippen LogP contribution >= 0.6 is 15.9 Å². The Morgan fingerprint density at radius 3 is 2.42 bits per heavy atom. The summed E-state index contributed by atoms with van der Waals surface area (Å²) in [6, 6.07) is 4.09. The van der Waals surface area contributed by atoms with Gasteiger partial charge in [0.15, 0.2) is 0 Å². The smallest absolute Gasteiger partial charge is 0.319 e. The van der Waals surface area contributed by atoms with E-state index >= 15 is 0 Å². The first kappa shape index (κ1) is 18.7. The molecular formula is C16H22BrFN4O2. The number of urea groups is 1. The van der Waals surface area contributed by atoms with Crippen molar-refractivity contribution in [1.29, 1.82) is 0 Å². The molecule has 3 amide bonds. The fourth-order valence-electron chi connectivity index (χ4n) is 2.58. The maximum atomic E-state index is 13.8. The highest BCUT2D eigenvalue weighted by molar-refractivity contribution is 9.10. The van der Waals surface area contributed by atoms with E-state index in [2.05, 4.69) is 21.2 Å². The molecule has 0 saturated carbocycles. The summed E-state index contributed by atoms with van der Waals surface area (Å²) >= 11 is 3.18. The number of halogens is 2. The minimum Gasteiger partial charge on any atom is -0.331 e. The van der Waals surface area contributed by atoms with Gasteiger partial charge in [-0.25, -0.2) is 9.18 Å². The van der Waals surface area contributed by atoms with E-state index in [1.54, 1.807) is 36.9 Å². The van der Waals surface area contributed by atoms with Crippen molar-refractivity contribution >= 4 is 33.6 Å². The number of anilines is 1. The van der Waals surface area contributed by atoms with Gasteiger partial charge in [-0.3, -0.25) is 9.69 Å². The normalized spacial score (nSPS) is 16.6. The molecule has 2 rings (SSSR count). The Bertz CT molecular complexity index is 618. The number of carbonyl (C=O) groups excluding carboxylic acids is 2. The number of piperazine rings is 1. The number of nitrogens with zero attached hydrogens (tertiary/aromatic N) is 3. The van der Waals surface area contributed by atoms with Crippen LogP contribution in [-0.4, -0.2) is 73.0 Å². The molecule has 8 heteroatoms. The van der Waals surface area contributed by atoms with Gasteiger partial charge >= 0.3 is 6.03 Å². The van der Waals surface area contributed by atoms with E-state index in [1.807, 2.05) is 4.90 Å². The highest BCUT2D eigenvalue weighted by Crippen LogP contribution is 2.20. The molecule has 1 atom stereocenters. The highest BCUT2D eigenvalue weighted by Gasteiger charge is 2.28. The van der Waals surface area contributed by atoms with Gasteiger partial charge in [-0.1, -0.05) is 15.9 Å². The van der Waals surface area contributed by atoms with Crippen molar-refractivity contribution in [3.8, 4) is 0 Å². The Labute approximate surface area is 149 Å². The van der Waals surface area contributed by atoms with E-state index < -0.39 is 11.9 Å². The van der Waals surface area contributed by atoms with Gasteiger partial charge in [0.05, 0.1) is 11.7 Å². The average molecular weight is 401 g/mol. The number of hydrogen-bond acceptors (Lipinski definition) is 3. The van der Waals surface area contributed by atoms with Crippen molar-refractivity contribution in [2.75, 3.05) is 45.6 Å². The van der Waals surface area contributed by atoms with Crippen LogP contribution in [0.2, 0.25) is 0 Å². The van der Waals surface area contributed by atoms with Crippen LogP contribution in [0.1, 0.15) is 6.92 Å². The minimum absolute atomic E-state index is 0.0244. The third-order valence-electron chi connectivity index (χ3n) is 4.08. The molecule has 0 spiro atoms. The zero-order valence-electron chi connectivity index (χ0n) is 14.1. The quantitative estimate of drug-likeness (QED) is 0.845. The summed E-state index contributed by atoms with van der Waals surface area (Å²) in [7, 11) is 3.44. The SMILES string of the molecule is CC(C(=O)Nc1ccc(Br)cc1F)N1CCN(C(=O)N(C)C)CC1. The second-order valence-electron chi connectivity index (χ2n) is 5.99. The Morgan fingerprint density at radius 2 is 1.88 bits per heavy atom. The predicted molar refractivity (Wildman–Crippen MR) is 94.4 cm³/mol. The number of hydrogen-bond donors (Lipinski definition) is 1. The number of nitrogens with one attached hydrogen (secondary N) is 1. The molecule has 0 radical (unpaired) electrons. The second-order valence-corrected chi connectivity index (χ2v) is 6.91. The number of amides is 3. The third kappa shape index (κ3) is 4.45. The molecule has 1 aliphatic heterocycles. The van der Waals surface area contributed by atoms with Gasteiger partial charge in [-0.2, -0.15) is 0 Å². The Kier molecular flexibility index (Phi) is 6.17. The topological polar surface area (TPSA) is 55.9 Å². The predicted octanol–water partition coefficient (Wildman–Crippen LogP) is 2.21. The maximum absolute atomic E-state index is 13.8. The summed E-state index contributed by atoms with van der Waals surface area (Å²) in [6.45, 7) is 4.14. The molecule has 1 N–H and O–H groups in total. The summed E-state index contributed by atoms with van der Waals surface area (Å²) < 4.78 is 14.4. The van der Waals surface area contributed by atoms with Crippen molar-refractivity contribution in [2.24, 2.45) is 0 Å². The van der Waals surface area contributed by atoms with Crippen molar-refractivity contribution in [1.82, 2.24) is 14.7 Å². The standard InChI is InChI=1S/C16H22BrFN4O2/c1-11(15(23)19-14-5-4-12(17)10-13(14)18)21-6-8-22(9-7-21)16(24)20(2)3/h4-5,10-11H,6-9H2,1-3H3,(H,19,23). The number of carbonyl (C=O) groups is 2. The summed E-state index contributed by atoms with van der Waals surface area (Å²) in [4.78, 5) is 29.6. The zero-order valence-corrected chi connectivity index (χ0v) is 15.6. The molecule has 24 heavy (non-hydrogen) atoms. The van der Waals surface area contributed by atoms with E-state index in [-0.39, 0.29) is 17.6 Å². The van der Waals surface area contributed by atoms with Crippen molar-refractivity contribution in [2.45, 2.75) is 13.0 Å². The highest BCUT2D eigenvalue weighted by atomic mass is 79.9. The number of rotatable bonds is 3. The summed E-state index contributed by atoms with van der Waals surface area (Å²) in [5, 5.41) is 2.62. The molecule has 1 unspecified atom stereocenters. The Hall–Kier alpha value is -1.67.